The lowest BCUT2D eigenvalue weighted by molar-refractivity contribution is 0.0189. The Labute approximate surface area is 134 Å². The molecule has 1 aliphatic heterocycles. The standard InChI is InChI=1S/C15H22N6O2/c1-15(2,3)23-14(22)20-6-4-10(5-7-20)21-9-19-11-12(16)17-8-18-13(11)21/h8-10H,4-7H2,1-3H3,(H2,16,17,18). The van der Waals surface area contributed by atoms with E-state index in [1.165, 1.54) is 6.33 Å². The molecule has 1 fully saturated rings. The summed E-state index contributed by atoms with van der Waals surface area (Å²) in [6.07, 6.45) is 4.61. The molecule has 1 saturated heterocycles. The molecule has 3 heterocycles. The highest BCUT2D eigenvalue weighted by atomic mass is 16.6. The van der Waals surface area contributed by atoms with Gasteiger partial charge in [0.15, 0.2) is 11.5 Å². The number of anilines is 1. The first-order valence-electron chi connectivity index (χ1n) is 7.76. The van der Waals surface area contributed by atoms with Crippen LogP contribution in [0.5, 0.6) is 0 Å². The highest BCUT2D eigenvalue weighted by Crippen LogP contribution is 2.27. The van der Waals surface area contributed by atoms with E-state index in [1.54, 1.807) is 11.2 Å². The van der Waals surface area contributed by atoms with Gasteiger partial charge in [0, 0.05) is 19.1 Å². The molecular weight excluding hydrogens is 296 g/mol. The normalized spacial score (nSPS) is 16.7. The minimum absolute atomic E-state index is 0.244. The average molecular weight is 318 g/mol. The highest BCUT2D eigenvalue weighted by molar-refractivity contribution is 5.81. The highest BCUT2D eigenvalue weighted by Gasteiger charge is 2.28. The van der Waals surface area contributed by atoms with E-state index in [2.05, 4.69) is 15.0 Å². The van der Waals surface area contributed by atoms with Crippen molar-refractivity contribution in [3.05, 3.63) is 12.7 Å². The maximum Gasteiger partial charge on any atom is 0.410 e. The quantitative estimate of drug-likeness (QED) is 0.863. The topological polar surface area (TPSA) is 99.2 Å². The van der Waals surface area contributed by atoms with Crippen molar-refractivity contribution in [2.24, 2.45) is 0 Å². The molecule has 0 aliphatic carbocycles. The molecule has 0 radical (unpaired) electrons. The van der Waals surface area contributed by atoms with Gasteiger partial charge in [-0.2, -0.15) is 0 Å². The number of ether oxygens (including phenoxy) is 1. The van der Waals surface area contributed by atoms with E-state index < -0.39 is 5.60 Å². The number of aromatic nitrogens is 4. The third-order valence-electron chi connectivity index (χ3n) is 3.90. The molecule has 0 atom stereocenters. The molecule has 1 amide bonds. The third kappa shape index (κ3) is 3.20. The molecule has 23 heavy (non-hydrogen) atoms. The van der Waals surface area contributed by atoms with Crippen LogP contribution in [0, 0.1) is 0 Å². The van der Waals surface area contributed by atoms with Crippen LogP contribution in [-0.4, -0.2) is 49.2 Å². The fourth-order valence-corrected chi connectivity index (χ4v) is 2.79. The number of hydrogen-bond acceptors (Lipinski definition) is 6. The van der Waals surface area contributed by atoms with Gasteiger partial charge in [0.2, 0.25) is 0 Å². The predicted molar refractivity (Wildman–Crippen MR) is 85.8 cm³/mol. The third-order valence-corrected chi connectivity index (χ3v) is 3.90. The second kappa shape index (κ2) is 5.68. The second-order valence-electron chi connectivity index (χ2n) is 6.78. The first-order valence-corrected chi connectivity index (χ1v) is 7.76. The first kappa shape index (κ1) is 15.5. The summed E-state index contributed by atoms with van der Waals surface area (Å²) in [6.45, 7) is 6.93. The monoisotopic (exact) mass is 318 g/mol. The van der Waals surface area contributed by atoms with E-state index in [-0.39, 0.29) is 12.1 Å². The Bertz CT molecular complexity index is 712. The number of nitrogens with zero attached hydrogens (tertiary/aromatic N) is 5. The fourth-order valence-electron chi connectivity index (χ4n) is 2.79. The minimum Gasteiger partial charge on any atom is -0.444 e. The largest absolute Gasteiger partial charge is 0.444 e. The Morgan fingerprint density at radius 2 is 1.96 bits per heavy atom. The van der Waals surface area contributed by atoms with E-state index in [0.29, 0.717) is 24.4 Å². The van der Waals surface area contributed by atoms with Crippen LogP contribution in [0.4, 0.5) is 10.6 Å². The number of imidazole rings is 1. The SMILES string of the molecule is CC(C)(C)OC(=O)N1CCC(n2cnc3c(N)ncnc32)CC1. The van der Waals surface area contributed by atoms with E-state index in [1.807, 2.05) is 25.3 Å². The van der Waals surface area contributed by atoms with E-state index in [9.17, 15) is 4.79 Å². The molecule has 1 aliphatic rings. The van der Waals surface area contributed by atoms with Gasteiger partial charge < -0.3 is 19.9 Å². The van der Waals surface area contributed by atoms with Crippen molar-refractivity contribution < 1.29 is 9.53 Å². The van der Waals surface area contributed by atoms with Crippen LogP contribution in [0.1, 0.15) is 39.7 Å². The molecule has 124 valence electrons. The molecule has 0 unspecified atom stereocenters. The molecule has 2 aromatic heterocycles. The number of likely N-dealkylation sites (tertiary alicyclic amines) is 1. The Morgan fingerprint density at radius 3 is 2.61 bits per heavy atom. The van der Waals surface area contributed by atoms with Gasteiger partial charge in [0.25, 0.3) is 0 Å². The van der Waals surface area contributed by atoms with Gasteiger partial charge in [0.1, 0.15) is 17.4 Å². The van der Waals surface area contributed by atoms with E-state index in [4.69, 9.17) is 10.5 Å². The van der Waals surface area contributed by atoms with Crippen molar-refractivity contribution in [1.29, 1.82) is 0 Å². The molecule has 0 aromatic carbocycles. The summed E-state index contributed by atoms with van der Waals surface area (Å²) >= 11 is 0. The lowest BCUT2D eigenvalue weighted by atomic mass is 10.1. The lowest BCUT2D eigenvalue weighted by Crippen LogP contribution is -2.42. The summed E-state index contributed by atoms with van der Waals surface area (Å²) < 4.78 is 7.45. The maximum atomic E-state index is 12.1. The van der Waals surface area contributed by atoms with Crippen LogP contribution >= 0.6 is 0 Å². The fraction of sp³-hybridized carbons (Fsp3) is 0.600. The number of fused-ring (bicyclic) bond motifs is 1. The Balaban J connectivity index is 1.69. The molecule has 2 aromatic rings. The van der Waals surface area contributed by atoms with Crippen molar-refractivity contribution in [1.82, 2.24) is 24.4 Å². The summed E-state index contributed by atoms with van der Waals surface area (Å²) in [6, 6.07) is 0.244. The van der Waals surface area contributed by atoms with Gasteiger partial charge in [-0.15, -0.1) is 0 Å². The maximum absolute atomic E-state index is 12.1. The van der Waals surface area contributed by atoms with Gasteiger partial charge in [0.05, 0.1) is 6.33 Å². The van der Waals surface area contributed by atoms with Crippen molar-refractivity contribution in [3.63, 3.8) is 0 Å². The number of amides is 1. The summed E-state index contributed by atoms with van der Waals surface area (Å²) in [4.78, 5) is 26.4. The number of nitrogen functional groups attached to an aromatic ring is 1. The van der Waals surface area contributed by atoms with Crippen LogP contribution in [-0.2, 0) is 4.74 Å². The molecule has 8 nitrogen and oxygen atoms in total. The van der Waals surface area contributed by atoms with Gasteiger partial charge in [-0.25, -0.2) is 19.7 Å². The number of piperidine rings is 1. The first-order chi connectivity index (χ1) is 10.8. The van der Waals surface area contributed by atoms with E-state index >= 15 is 0 Å². The summed E-state index contributed by atoms with van der Waals surface area (Å²) in [5, 5.41) is 0. The molecule has 3 rings (SSSR count). The summed E-state index contributed by atoms with van der Waals surface area (Å²) in [7, 11) is 0. The van der Waals surface area contributed by atoms with Crippen molar-refractivity contribution in [3.8, 4) is 0 Å². The van der Waals surface area contributed by atoms with Crippen LogP contribution in [0.15, 0.2) is 12.7 Å². The van der Waals surface area contributed by atoms with Crippen LogP contribution in [0.2, 0.25) is 0 Å². The zero-order chi connectivity index (χ0) is 16.6. The van der Waals surface area contributed by atoms with Crippen LogP contribution < -0.4 is 5.73 Å². The average Bonchev–Trinajstić information content (AvgIpc) is 2.91. The Kier molecular flexibility index (Phi) is 3.83. The van der Waals surface area contributed by atoms with Gasteiger partial charge in [-0.1, -0.05) is 0 Å². The number of nitrogens with two attached hydrogens (primary N) is 1. The molecule has 0 spiro atoms. The van der Waals surface area contributed by atoms with Crippen molar-refractivity contribution >= 4 is 23.1 Å². The number of carbonyl (C=O) groups excluding carboxylic acids is 1. The molecular formula is C15H22N6O2. The number of carbonyl (C=O) groups is 1. The van der Waals surface area contributed by atoms with Gasteiger partial charge in [-0.3, -0.25) is 0 Å². The zero-order valence-electron chi connectivity index (χ0n) is 13.7. The smallest absolute Gasteiger partial charge is 0.410 e. The second-order valence-corrected chi connectivity index (χ2v) is 6.78. The van der Waals surface area contributed by atoms with Crippen LogP contribution in [0.25, 0.3) is 11.2 Å². The molecule has 8 heteroatoms. The Morgan fingerprint density at radius 1 is 1.26 bits per heavy atom. The lowest BCUT2D eigenvalue weighted by Gasteiger charge is -2.33. The van der Waals surface area contributed by atoms with Crippen molar-refractivity contribution in [2.45, 2.75) is 45.3 Å². The molecule has 2 N–H and O–H groups in total. The molecule has 0 bridgehead atoms. The minimum atomic E-state index is -0.469. The van der Waals surface area contributed by atoms with Gasteiger partial charge in [-0.05, 0) is 33.6 Å². The predicted octanol–water partition coefficient (Wildman–Crippen LogP) is 1.98. The van der Waals surface area contributed by atoms with Crippen molar-refractivity contribution in [2.75, 3.05) is 18.8 Å². The van der Waals surface area contributed by atoms with Crippen LogP contribution in [0.3, 0.4) is 0 Å². The number of rotatable bonds is 1. The zero-order valence-corrected chi connectivity index (χ0v) is 13.7. The molecule has 0 saturated carbocycles. The van der Waals surface area contributed by atoms with E-state index in [0.717, 1.165) is 18.5 Å². The summed E-state index contributed by atoms with van der Waals surface area (Å²) in [5.41, 5.74) is 6.72. The Hall–Kier alpha value is -2.38. The van der Waals surface area contributed by atoms with Gasteiger partial charge >= 0.3 is 6.09 Å². The summed E-state index contributed by atoms with van der Waals surface area (Å²) in [5.74, 6) is 0.389. The number of hydrogen-bond donors (Lipinski definition) is 1.